The summed E-state index contributed by atoms with van der Waals surface area (Å²) in [5.74, 6) is 0.658. The molecule has 0 amide bonds. The van der Waals surface area contributed by atoms with Crippen LogP contribution in [0.4, 0.5) is 0 Å². The van der Waals surface area contributed by atoms with E-state index in [1.807, 2.05) is 18.2 Å². The summed E-state index contributed by atoms with van der Waals surface area (Å²) < 4.78 is 12.0. The Labute approximate surface area is 160 Å². The minimum absolute atomic E-state index is 0.0586. The van der Waals surface area contributed by atoms with Gasteiger partial charge in [0.15, 0.2) is 0 Å². The molecule has 4 nitrogen and oxygen atoms in total. The van der Waals surface area contributed by atoms with Gasteiger partial charge < -0.3 is 14.6 Å². The zero-order valence-electron chi connectivity index (χ0n) is 16.1. The highest BCUT2D eigenvalue weighted by atomic mass is 16.5. The first kappa shape index (κ1) is 17.9. The Bertz CT molecular complexity index is 878. The molecular formula is C23H26O4. The number of fused-ring (bicyclic) bond motifs is 2. The normalized spacial score (nSPS) is 20.7. The van der Waals surface area contributed by atoms with E-state index in [1.54, 1.807) is 0 Å². The molecule has 0 spiro atoms. The second-order valence-corrected chi connectivity index (χ2v) is 8.61. The average Bonchev–Trinajstić information content (AvgIpc) is 3.18. The van der Waals surface area contributed by atoms with E-state index < -0.39 is 5.97 Å². The number of ether oxygens (including phenoxy) is 2. The van der Waals surface area contributed by atoms with Crippen molar-refractivity contribution >= 4 is 5.97 Å². The maximum absolute atomic E-state index is 11.0. The predicted octanol–water partition coefficient (Wildman–Crippen LogP) is 5.00. The molecule has 4 heteroatoms. The summed E-state index contributed by atoms with van der Waals surface area (Å²) in [4.78, 5) is 11.0. The van der Waals surface area contributed by atoms with Gasteiger partial charge in [-0.3, -0.25) is 4.79 Å². The Hall–Kier alpha value is -2.49. The Balaban J connectivity index is 1.51. The van der Waals surface area contributed by atoms with Gasteiger partial charge in [-0.05, 0) is 41.0 Å². The molecule has 0 bridgehead atoms. The van der Waals surface area contributed by atoms with Gasteiger partial charge in [0.2, 0.25) is 0 Å². The Kier molecular flexibility index (Phi) is 4.37. The summed E-state index contributed by atoms with van der Waals surface area (Å²) in [5, 5.41) is 9.03. The predicted molar refractivity (Wildman–Crippen MR) is 104 cm³/mol. The average molecular weight is 366 g/mol. The standard InChI is InChI=1S/C23H26O4/c1-23(2,3)16-5-7-18-14(10-16)4-9-20(18)27-17-6-8-19-15(11-22(24)25)13-26-21(19)12-17/h5-8,10,12,15,20H,4,9,11,13H2,1-3H3,(H,24,25). The zero-order chi connectivity index (χ0) is 19.2. The maximum atomic E-state index is 11.0. The second kappa shape index (κ2) is 6.59. The van der Waals surface area contributed by atoms with Crippen LogP contribution in [0.25, 0.3) is 0 Å². The van der Waals surface area contributed by atoms with E-state index >= 15 is 0 Å². The number of benzene rings is 2. The number of hydrogen-bond acceptors (Lipinski definition) is 3. The van der Waals surface area contributed by atoms with E-state index in [2.05, 4.69) is 39.0 Å². The first-order valence-corrected chi connectivity index (χ1v) is 9.60. The van der Waals surface area contributed by atoms with Gasteiger partial charge in [0.05, 0.1) is 13.0 Å². The molecule has 4 rings (SSSR count). The van der Waals surface area contributed by atoms with E-state index in [4.69, 9.17) is 14.6 Å². The highest BCUT2D eigenvalue weighted by molar-refractivity contribution is 5.68. The van der Waals surface area contributed by atoms with Crippen molar-refractivity contribution in [2.75, 3.05) is 6.61 Å². The van der Waals surface area contributed by atoms with Crippen LogP contribution in [0.15, 0.2) is 36.4 Å². The van der Waals surface area contributed by atoms with Gasteiger partial charge in [0.25, 0.3) is 0 Å². The smallest absolute Gasteiger partial charge is 0.304 e. The van der Waals surface area contributed by atoms with E-state index in [9.17, 15) is 4.79 Å². The van der Waals surface area contributed by atoms with Crippen molar-refractivity contribution in [1.29, 1.82) is 0 Å². The van der Waals surface area contributed by atoms with Crippen LogP contribution in [0.1, 0.15) is 67.9 Å². The minimum Gasteiger partial charge on any atom is -0.492 e. The first-order valence-electron chi connectivity index (χ1n) is 9.60. The summed E-state index contributed by atoms with van der Waals surface area (Å²) in [7, 11) is 0. The molecule has 1 aliphatic heterocycles. The minimum atomic E-state index is -0.797. The molecule has 142 valence electrons. The van der Waals surface area contributed by atoms with Crippen LogP contribution in [-0.4, -0.2) is 17.7 Å². The molecule has 0 saturated carbocycles. The number of carboxylic acids is 1. The molecule has 2 aromatic carbocycles. The van der Waals surface area contributed by atoms with E-state index in [-0.39, 0.29) is 23.9 Å². The zero-order valence-corrected chi connectivity index (χ0v) is 16.1. The number of carboxylic acid groups (broad SMARTS) is 1. The summed E-state index contributed by atoms with van der Waals surface area (Å²) in [6.07, 6.45) is 2.16. The van der Waals surface area contributed by atoms with Crippen LogP contribution in [0.2, 0.25) is 0 Å². The number of hydrogen-bond donors (Lipinski definition) is 1. The Morgan fingerprint density at radius 1 is 1.19 bits per heavy atom. The molecule has 2 atom stereocenters. The molecule has 1 N–H and O–H groups in total. The van der Waals surface area contributed by atoms with Crippen molar-refractivity contribution in [3.63, 3.8) is 0 Å². The molecule has 0 radical (unpaired) electrons. The van der Waals surface area contributed by atoms with Gasteiger partial charge in [0.1, 0.15) is 17.6 Å². The molecule has 0 aromatic heterocycles. The quantitative estimate of drug-likeness (QED) is 0.827. The van der Waals surface area contributed by atoms with Crippen molar-refractivity contribution in [3.8, 4) is 11.5 Å². The Morgan fingerprint density at radius 3 is 2.70 bits per heavy atom. The lowest BCUT2D eigenvalue weighted by atomic mass is 9.85. The molecule has 2 unspecified atom stereocenters. The number of rotatable bonds is 4. The van der Waals surface area contributed by atoms with Crippen molar-refractivity contribution in [2.24, 2.45) is 0 Å². The number of carbonyl (C=O) groups is 1. The third kappa shape index (κ3) is 3.53. The lowest BCUT2D eigenvalue weighted by molar-refractivity contribution is -0.137. The summed E-state index contributed by atoms with van der Waals surface area (Å²) in [5.41, 5.74) is 5.13. The molecule has 2 aliphatic rings. The SMILES string of the molecule is CC(C)(C)c1ccc2c(c1)CCC2Oc1ccc2c(c1)OCC2CC(=O)O. The third-order valence-electron chi connectivity index (χ3n) is 5.60. The molecule has 1 aliphatic carbocycles. The molecule has 27 heavy (non-hydrogen) atoms. The van der Waals surface area contributed by atoms with Gasteiger partial charge >= 0.3 is 5.97 Å². The van der Waals surface area contributed by atoms with Gasteiger partial charge in [-0.1, -0.05) is 45.0 Å². The van der Waals surface area contributed by atoms with Crippen LogP contribution in [0, 0.1) is 0 Å². The highest BCUT2D eigenvalue weighted by Crippen LogP contribution is 2.41. The van der Waals surface area contributed by atoms with E-state index in [0.717, 1.165) is 29.9 Å². The maximum Gasteiger partial charge on any atom is 0.304 e. The fourth-order valence-electron chi connectivity index (χ4n) is 4.04. The topological polar surface area (TPSA) is 55.8 Å². The fourth-order valence-corrected chi connectivity index (χ4v) is 4.04. The highest BCUT2D eigenvalue weighted by Gasteiger charge is 2.29. The van der Waals surface area contributed by atoms with Crippen molar-refractivity contribution in [3.05, 3.63) is 58.7 Å². The van der Waals surface area contributed by atoms with Crippen LogP contribution in [0.5, 0.6) is 11.5 Å². The lowest BCUT2D eigenvalue weighted by Crippen LogP contribution is -2.11. The number of aryl methyl sites for hydroxylation is 1. The first-order chi connectivity index (χ1) is 12.8. The van der Waals surface area contributed by atoms with Crippen LogP contribution in [0.3, 0.4) is 0 Å². The number of aliphatic carboxylic acids is 1. The second-order valence-electron chi connectivity index (χ2n) is 8.61. The monoisotopic (exact) mass is 366 g/mol. The largest absolute Gasteiger partial charge is 0.492 e. The Morgan fingerprint density at radius 2 is 1.96 bits per heavy atom. The van der Waals surface area contributed by atoms with Crippen LogP contribution >= 0.6 is 0 Å². The summed E-state index contributed by atoms with van der Waals surface area (Å²) >= 11 is 0. The van der Waals surface area contributed by atoms with Crippen molar-refractivity contribution in [2.45, 2.75) is 57.5 Å². The van der Waals surface area contributed by atoms with Gasteiger partial charge in [-0.25, -0.2) is 0 Å². The summed E-state index contributed by atoms with van der Waals surface area (Å²) in [6, 6.07) is 12.5. The van der Waals surface area contributed by atoms with Crippen molar-refractivity contribution < 1.29 is 19.4 Å². The van der Waals surface area contributed by atoms with Crippen LogP contribution < -0.4 is 9.47 Å². The molecule has 2 aromatic rings. The molecular weight excluding hydrogens is 340 g/mol. The van der Waals surface area contributed by atoms with E-state index in [0.29, 0.717) is 6.61 Å². The fraction of sp³-hybridized carbons (Fsp3) is 0.435. The molecule has 1 heterocycles. The van der Waals surface area contributed by atoms with Gasteiger partial charge in [-0.2, -0.15) is 0 Å². The third-order valence-corrected chi connectivity index (χ3v) is 5.60. The van der Waals surface area contributed by atoms with Gasteiger partial charge in [0, 0.05) is 17.5 Å². The molecule has 0 fully saturated rings. The lowest BCUT2D eigenvalue weighted by Gasteiger charge is -2.21. The van der Waals surface area contributed by atoms with Crippen LogP contribution in [-0.2, 0) is 16.6 Å². The van der Waals surface area contributed by atoms with E-state index in [1.165, 1.54) is 16.7 Å². The van der Waals surface area contributed by atoms with Gasteiger partial charge in [-0.15, -0.1) is 0 Å². The molecule has 0 saturated heterocycles. The summed E-state index contributed by atoms with van der Waals surface area (Å²) in [6.45, 7) is 7.13. The van der Waals surface area contributed by atoms with Crippen molar-refractivity contribution in [1.82, 2.24) is 0 Å².